The lowest BCUT2D eigenvalue weighted by molar-refractivity contribution is -0.137. The summed E-state index contributed by atoms with van der Waals surface area (Å²) in [6.07, 6.45) is -3.60. The monoisotopic (exact) mass is 242 g/mol. The molecule has 2 heterocycles. The van der Waals surface area contributed by atoms with Crippen molar-refractivity contribution in [2.75, 3.05) is 5.73 Å². The van der Waals surface area contributed by atoms with Crippen LogP contribution in [-0.4, -0.2) is 15.2 Å². The second kappa shape index (κ2) is 3.76. The summed E-state index contributed by atoms with van der Waals surface area (Å²) in [5.74, 6) is 0.307. The van der Waals surface area contributed by atoms with Gasteiger partial charge < -0.3 is 5.73 Å². The quantitative estimate of drug-likeness (QED) is 0.806. The molecule has 0 aliphatic heterocycles. The molecule has 17 heavy (non-hydrogen) atoms. The molecule has 0 spiro atoms. The van der Waals surface area contributed by atoms with E-state index in [0.29, 0.717) is 22.8 Å². The van der Waals surface area contributed by atoms with Crippen LogP contribution in [0.5, 0.6) is 0 Å². The minimum Gasteiger partial charge on any atom is -0.382 e. The van der Waals surface area contributed by atoms with Crippen LogP contribution in [0.3, 0.4) is 0 Å². The van der Waals surface area contributed by atoms with Crippen LogP contribution in [0.2, 0.25) is 0 Å². The zero-order valence-corrected chi connectivity index (χ0v) is 8.84. The molecule has 4 nitrogen and oxygen atoms in total. The molecule has 0 saturated heterocycles. The van der Waals surface area contributed by atoms with E-state index in [9.17, 15) is 13.2 Å². The van der Waals surface area contributed by atoms with Gasteiger partial charge in [0.25, 0.3) is 0 Å². The molecule has 3 N–H and O–H groups in total. The van der Waals surface area contributed by atoms with Gasteiger partial charge in [0.2, 0.25) is 0 Å². The first kappa shape index (κ1) is 11.4. The molecule has 0 fully saturated rings. The van der Waals surface area contributed by atoms with Crippen LogP contribution >= 0.6 is 0 Å². The lowest BCUT2D eigenvalue weighted by Gasteiger charge is -2.06. The van der Waals surface area contributed by atoms with E-state index in [1.54, 1.807) is 6.92 Å². The molecular formula is C10H9F3N4. The van der Waals surface area contributed by atoms with Crippen molar-refractivity contribution in [2.24, 2.45) is 0 Å². The third-order valence-corrected chi connectivity index (χ3v) is 2.39. The van der Waals surface area contributed by atoms with E-state index >= 15 is 0 Å². The Bertz CT molecular complexity index is 527. The van der Waals surface area contributed by atoms with E-state index < -0.39 is 11.7 Å². The zero-order chi connectivity index (χ0) is 12.6. The van der Waals surface area contributed by atoms with E-state index in [1.807, 2.05) is 0 Å². The minimum absolute atomic E-state index is 0.307. The summed E-state index contributed by atoms with van der Waals surface area (Å²) in [4.78, 5) is 3.74. The number of pyridine rings is 1. The lowest BCUT2D eigenvalue weighted by atomic mass is 10.1. The van der Waals surface area contributed by atoms with Gasteiger partial charge in [-0.25, -0.2) is 0 Å². The maximum Gasteiger partial charge on any atom is 0.417 e. The predicted octanol–water partition coefficient (Wildman–Crippen LogP) is 2.38. The van der Waals surface area contributed by atoms with Crippen molar-refractivity contribution in [1.29, 1.82) is 0 Å². The summed E-state index contributed by atoms with van der Waals surface area (Å²) in [7, 11) is 0. The van der Waals surface area contributed by atoms with Gasteiger partial charge in [-0.3, -0.25) is 10.1 Å². The Morgan fingerprint density at radius 3 is 2.41 bits per heavy atom. The van der Waals surface area contributed by atoms with E-state index in [2.05, 4.69) is 15.2 Å². The van der Waals surface area contributed by atoms with E-state index in [1.165, 1.54) is 6.07 Å². The fourth-order valence-corrected chi connectivity index (χ4v) is 1.37. The van der Waals surface area contributed by atoms with Crippen molar-refractivity contribution in [3.05, 3.63) is 29.5 Å². The number of hydrogen-bond acceptors (Lipinski definition) is 3. The summed E-state index contributed by atoms with van der Waals surface area (Å²) in [6, 6.07) is 2.25. The molecule has 0 unspecified atom stereocenters. The lowest BCUT2D eigenvalue weighted by Crippen LogP contribution is -2.05. The molecule has 2 rings (SSSR count). The second-order valence-corrected chi connectivity index (χ2v) is 3.54. The van der Waals surface area contributed by atoms with E-state index in [4.69, 9.17) is 5.73 Å². The molecule has 0 aromatic carbocycles. The van der Waals surface area contributed by atoms with Crippen LogP contribution < -0.4 is 5.73 Å². The SMILES string of the molecule is Cc1c(N)n[nH]c1-c1ccc(C(F)(F)F)cn1. The van der Waals surface area contributed by atoms with Gasteiger partial charge >= 0.3 is 6.18 Å². The number of aromatic nitrogens is 3. The van der Waals surface area contributed by atoms with Gasteiger partial charge in [0.1, 0.15) is 5.82 Å². The maximum atomic E-state index is 12.3. The Morgan fingerprint density at radius 1 is 1.29 bits per heavy atom. The number of rotatable bonds is 1. The number of H-pyrrole nitrogens is 1. The van der Waals surface area contributed by atoms with E-state index in [-0.39, 0.29) is 0 Å². The van der Waals surface area contributed by atoms with Crippen LogP contribution in [0.15, 0.2) is 18.3 Å². The molecule has 0 aliphatic rings. The van der Waals surface area contributed by atoms with Crippen LogP contribution in [-0.2, 0) is 6.18 Å². The molecule has 90 valence electrons. The summed E-state index contributed by atoms with van der Waals surface area (Å²) in [5.41, 5.74) is 6.30. The zero-order valence-electron chi connectivity index (χ0n) is 8.84. The summed E-state index contributed by atoms with van der Waals surface area (Å²) in [5, 5.41) is 6.38. The van der Waals surface area contributed by atoms with Gasteiger partial charge in [0.15, 0.2) is 0 Å². The predicted molar refractivity (Wildman–Crippen MR) is 56.0 cm³/mol. The summed E-state index contributed by atoms with van der Waals surface area (Å²) >= 11 is 0. The molecule has 0 atom stereocenters. The molecular weight excluding hydrogens is 233 g/mol. The fraction of sp³-hybridized carbons (Fsp3) is 0.200. The van der Waals surface area contributed by atoms with Crippen LogP contribution in [0.4, 0.5) is 19.0 Å². The molecule has 0 bridgehead atoms. The maximum absolute atomic E-state index is 12.3. The Balaban J connectivity index is 2.40. The first-order valence-electron chi connectivity index (χ1n) is 4.73. The largest absolute Gasteiger partial charge is 0.417 e. The number of nitrogens with zero attached hydrogens (tertiary/aromatic N) is 2. The van der Waals surface area contributed by atoms with Gasteiger partial charge in [-0.05, 0) is 19.1 Å². The van der Waals surface area contributed by atoms with Gasteiger partial charge in [0, 0.05) is 11.8 Å². The number of hydrogen-bond donors (Lipinski definition) is 2. The fourth-order valence-electron chi connectivity index (χ4n) is 1.37. The molecule has 0 saturated carbocycles. The normalized spacial score (nSPS) is 11.8. The number of nitrogens with one attached hydrogen (secondary N) is 1. The topological polar surface area (TPSA) is 67.6 Å². The minimum atomic E-state index is -4.38. The second-order valence-electron chi connectivity index (χ2n) is 3.54. The van der Waals surface area contributed by atoms with Crippen molar-refractivity contribution in [2.45, 2.75) is 13.1 Å². The average Bonchev–Trinajstić information content (AvgIpc) is 2.59. The third-order valence-electron chi connectivity index (χ3n) is 2.39. The highest BCUT2D eigenvalue weighted by molar-refractivity contribution is 5.64. The van der Waals surface area contributed by atoms with Crippen LogP contribution in [0, 0.1) is 6.92 Å². The highest BCUT2D eigenvalue weighted by atomic mass is 19.4. The molecule has 2 aromatic heterocycles. The van der Waals surface area contributed by atoms with Gasteiger partial charge in [0.05, 0.1) is 17.0 Å². The van der Waals surface area contributed by atoms with Crippen molar-refractivity contribution in [3.63, 3.8) is 0 Å². The third kappa shape index (κ3) is 2.08. The molecule has 0 aliphatic carbocycles. The number of nitrogens with two attached hydrogens (primary N) is 1. The van der Waals surface area contributed by atoms with Crippen molar-refractivity contribution in [3.8, 4) is 11.4 Å². The number of alkyl halides is 3. The average molecular weight is 242 g/mol. The van der Waals surface area contributed by atoms with E-state index in [0.717, 1.165) is 12.3 Å². The highest BCUT2D eigenvalue weighted by Crippen LogP contribution is 2.30. The summed E-state index contributed by atoms with van der Waals surface area (Å²) < 4.78 is 37.0. The first-order valence-corrected chi connectivity index (χ1v) is 4.73. The van der Waals surface area contributed by atoms with Gasteiger partial charge in [-0.2, -0.15) is 18.3 Å². The number of halogens is 3. The van der Waals surface area contributed by atoms with Crippen LogP contribution in [0.25, 0.3) is 11.4 Å². The first-order chi connectivity index (χ1) is 7.89. The van der Waals surface area contributed by atoms with Crippen molar-refractivity contribution < 1.29 is 13.2 Å². The van der Waals surface area contributed by atoms with Crippen LogP contribution in [0.1, 0.15) is 11.1 Å². The smallest absolute Gasteiger partial charge is 0.382 e. The standard InChI is InChI=1S/C10H9F3N4/c1-5-8(16-17-9(5)14)7-3-2-6(4-15-7)10(11,12)13/h2-4H,1H3,(H3,14,16,17). The molecule has 0 radical (unpaired) electrons. The Kier molecular flexibility index (Phi) is 2.53. The van der Waals surface area contributed by atoms with Gasteiger partial charge in [-0.1, -0.05) is 0 Å². The molecule has 0 amide bonds. The number of nitrogen functional groups attached to an aromatic ring is 1. The molecule has 2 aromatic rings. The van der Waals surface area contributed by atoms with Crippen molar-refractivity contribution >= 4 is 5.82 Å². The summed E-state index contributed by atoms with van der Waals surface area (Å²) in [6.45, 7) is 1.72. The van der Waals surface area contributed by atoms with Crippen molar-refractivity contribution in [1.82, 2.24) is 15.2 Å². The number of aromatic amines is 1. The molecule has 7 heteroatoms. The van der Waals surface area contributed by atoms with Gasteiger partial charge in [-0.15, -0.1) is 0 Å². The highest BCUT2D eigenvalue weighted by Gasteiger charge is 2.30. The Morgan fingerprint density at radius 2 is 2.00 bits per heavy atom. The Labute approximate surface area is 94.7 Å². The number of anilines is 1. The Hall–Kier alpha value is -2.05.